The lowest BCUT2D eigenvalue weighted by atomic mass is 10.1. The normalized spacial score (nSPS) is 11.1. The molecule has 2 aromatic carbocycles. The maximum Gasteiger partial charge on any atom is 0.252 e. The summed E-state index contributed by atoms with van der Waals surface area (Å²) in [4.78, 5) is 12.3. The van der Waals surface area contributed by atoms with Gasteiger partial charge in [-0.2, -0.15) is 0 Å². The number of anilines is 1. The van der Waals surface area contributed by atoms with Crippen molar-refractivity contribution in [1.82, 2.24) is 5.32 Å². The van der Waals surface area contributed by atoms with Gasteiger partial charge in [-0.05, 0) is 55.7 Å². The van der Waals surface area contributed by atoms with Gasteiger partial charge in [0.1, 0.15) is 5.75 Å². The second kappa shape index (κ2) is 9.80. The van der Waals surface area contributed by atoms with Crippen LogP contribution in [0.2, 0.25) is 5.02 Å². The van der Waals surface area contributed by atoms with Crippen LogP contribution in [0.3, 0.4) is 0 Å². The molecular formula is C20H25ClN2O4S. The molecule has 0 aliphatic carbocycles. The lowest BCUT2D eigenvalue weighted by Crippen LogP contribution is -2.26. The zero-order valence-corrected chi connectivity index (χ0v) is 17.8. The van der Waals surface area contributed by atoms with E-state index in [1.54, 1.807) is 6.07 Å². The second-order valence-corrected chi connectivity index (χ2v) is 8.75. The molecule has 28 heavy (non-hydrogen) atoms. The van der Waals surface area contributed by atoms with E-state index in [2.05, 4.69) is 5.32 Å². The largest absolute Gasteiger partial charge is 0.494 e. The van der Waals surface area contributed by atoms with Gasteiger partial charge < -0.3 is 10.1 Å². The molecule has 2 aromatic rings. The van der Waals surface area contributed by atoms with Crippen LogP contribution in [-0.4, -0.2) is 40.8 Å². The molecule has 0 saturated carbocycles. The van der Waals surface area contributed by atoms with Gasteiger partial charge in [0.2, 0.25) is 10.0 Å². The first-order valence-electron chi connectivity index (χ1n) is 8.95. The van der Waals surface area contributed by atoms with Gasteiger partial charge >= 0.3 is 0 Å². The summed E-state index contributed by atoms with van der Waals surface area (Å²) in [5, 5.41) is 3.05. The third-order valence-corrected chi connectivity index (χ3v) is 5.74. The molecule has 0 aromatic heterocycles. The molecule has 0 atom stereocenters. The summed E-state index contributed by atoms with van der Waals surface area (Å²) in [5.74, 6) is 0.560. The second-order valence-electron chi connectivity index (χ2n) is 6.33. The third-order valence-electron chi connectivity index (χ3n) is 4.22. The van der Waals surface area contributed by atoms with Crippen molar-refractivity contribution in [3.05, 3.63) is 58.6 Å². The van der Waals surface area contributed by atoms with Crippen molar-refractivity contribution >= 4 is 33.2 Å². The highest BCUT2D eigenvalue weighted by atomic mass is 35.5. The number of rotatable bonds is 9. The number of hydrogen-bond acceptors (Lipinski definition) is 4. The van der Waals surface area contributed by atoms with E-state index < -0.39 is 10.0 Å². The van der Waals surface area contributed by atoms with Crippen LogP contribution in [0.4, 0.5) is 5.69 Å². The van der Waals surface area contributed by atoms with Crippen LogP contribution in [0.25, 0.3) is 0 Å². The Hall–Kier alpha value is -2.25. The number of nitrogens with zero attached hydrogens (tertiary/aromatic N) is 1. The minimum Gasteiger partial charge on any atom is -0.494 e. The van der Waals surface area contributed by atoms with Crippen LogP contribution in [0.15, 0.2) is 42.5 Å². The quantitative estimate of drug-likeness (QED) is 0.625. The first-order chi connectivity index (χ1) is 13.2. The number of benzene rings is 2. The Bertz CT molecular complexity index is 914. The van der Waals surface area contributed by atoms with Crippen LogP contribution in [0, 0.1) is 0 Å². The van der Waals surface area contributed by atoms with Crippen LogP contribution in [-0.2, 0) is 16.4 Å². The molecule has 0 unspecified atom stereocenters. The predicted octanol–water partition coefficient (Wildman–Crippen LogP) is 3.50. The Labute approximate surface area is 171 Å². The summed E-state index contributed by atoms with van der Waals surface area (Å²) < 4.78 is 29.7. The van der Waals surface area contributed by atoms with Crippen molar-refractivity contribution in [3.8, 4) is 5.75 Å². The van der Waals surface area contributed by atoms with Gasteiger partial charge in [-0.25, -0.2) is 8.42 Å². The van der Waals surface area contributed by atoms with Gasteiger partial charge in [0.15, 0.2) is 0 Å². The molecule has 0 bridgehead atoms. The average molecular weight is 425 g/mol. The summed E-state index contributed by atoms with van der Waals surface area (Å²) in [6, 6.07) is 12.5. The zero-order valence-electron chi connectivity index (χ0n) is 16.2. The van der Waals surface area contributed by atoms with Gasteiger partial charge in [0.05, 0.1) is 29.1 Å². The van der Waals surface area contributed by atoms with Crippen molar-refractivity contribution in [2.24, 2.45) is 0 Å². The molecule has 8 heteroatoms. The number of nitrogens with one attached hydrogen (secondary N) is 1. The van der Waals surface area contributed by atoms with E-state index in [4.69, 9.17) is 16.3 Å². The zero-order chi connectivity index (χ0) is 20.7. The Morgan fingerprint density at radius 2 is 1.86 bits per heavy atom. The van der Waals surface area contributed by atoms with E-state index in [-0.39, 0.29) is 10.9 Å². The lowest BCUT2D eigenvalue weighted by molar-refractivity contribution is 0.0953. The molecule has 152 valence electrons. The fourth-order valence-corrected chi connectivity index (χ4v) is 3.34. The number of sulfonamides is 1. The Kier molecular flexibility index (Phi) is 7.71. The number of hydrogen-bond donors (Lipinski definition) is 1. The SMILES string of the molecule is CCOc1ccc(CCCNC(=O)c2ccc(N(C)S(C)(=O)=O)cc2Cl)cc1. The van der Waals surface area contributed by atoms with E-state index in [1.165, 1.54) is 24.7 Å². The van der Waals surface area contributed by atoms with Crippen LogP contribution in [0.1, 0.15) is 29.3 Å². The number of amides is 1. The number of halogens is 1. The minimum atomic E-state index is -3.39. The monoisotopic (exact) mass is 424 g/mol. The number of carbonyl (C=O) groups is 1. The summed E-state index contributed by atoms with van der Waals surface area (Å²) in [6.45, 7) is 3.09. The first-order valence-corrected chi connectivity index (χ1v) is 11.2. The lowest BCUT2D eigenvalue weighted by Gasteiger charge is -2.17. The number of aryl methyl sites for hydroxylation is 1. The average Bonchev–Trinajstić information content (AvgIpc) is 2.65. The third kappa shape index (κ3) is 6.14. The molecular weight excluding hydrogens is 400 g/mol. The van der Waals surface area contributed by atoms with Crippen molar-refractivity contribution < 1.29 is 17.9 Å². The summed E-state index contributed by atoms with van der Waals surface area (Å²) in [7, 11) is -1.96. The van der Waals surface area contributed by atoms with Crippen molar-refractivity contribution in [3.63, 3.8) is 0 Å². The number of ether oxygens (including phenoxy) is 1. The first kappa shape index (κ1) is 22.0. The van der Waals surface area contributed by atoms with E-state index in [9.17, 15) is 13.2 Å². The molecule has 1 N–H and O–H groups in total. The van der Waals surface area contributed by atoms with E-state index >= 15 is 0 Å². The van der Waals surface area contributed by atoms with E-state index in [0.717, 1.165) is 29.2 Å². The Morgan fingerprint density at radius 1 is 1.18 bits per heavy atom. The fourth-order valence-electron chi connectivity index (χ4n) is 2.58. The Morgan fingerprint density at radius 3 is 2.43 bits per heavy atom. The van der Waals surface area contributed by atoms with Crippen LogP contribution >= 0.6 is 11.6 Å². The minimum absolute atomic E-state index is 0.206. The maximum atomic E-state index is 12.3. The van der Waals surface area contributed by atoms with Crippen molar-refractivity contribution in [2.75, 3.05) is 30.8 Å². The van der Waals surface area contributed by atoms with Gasteiger partial charge in [-0.3, -0.25) is 9.10 Å². The Balaban J connectivity index is 1.87. The highest BCUT2D eigenvalue weighted by Gasteiger charge is 2.16. The highest BCUT2D eigenvalue weighted by molar-refractivity contribution is 7.92. The van der Waals surface area contributed by atoms with Crippen molar-refractivity contribution in [2.45, 2.75) is 19.8 Å². The van der Waals surface area contributed by atoms with Crippen LogP contribution in [0.5, 0.6) is 5.75 Å². The summed E-state index contributed by atoms with van der Waals surface area (Å²) in [5.41, 5.74) is 1.89. The van der Waals surface area contributed by atoms with Gasteiger partial charge in [0, 0.05) is 13.6 Å². The van der Waals surface area contributed by atoms with E-state index in [0.29, 0.717) is 24.4 Å². The highest BCUT2D eigenvalue weighted by Crippen LogP contribution is 2.24. The molecule has 0 radical (unpaired) electrons. The van der Waals surface area contributed by atoms with E-state index in [1.807, 2.05) is 31.2 Å². The molecule has 0 heterocycles. The smallest absolute Gasteiger partial charge is 0.252 e. The fraction of sp³-hybridized carbons (Fsp3) is 0.350. The molecule has 0 spiro atoms. The molecule has 0 saturated heterocycles. The molecule has 0 aliphatic heterocycles. The van der Waals surface area contributed by atoms with Gasteiger partial charge in [-0.1, -0.05) is 23.7 Å². The summed E-state index contributed by atoms with van der Waals surface area (Å²) >= 11 is 6.17. The van der Waals surface area contributed by atoms with Gasteiger partial charge in [0.25, 0.3) is 5.91 Å². The summed E-state index contributed by atoms with van der Waals surface area (Å²) in [6.07, 6.45) is 2.72. The van der Waals surface area contributed by atoms with Gasteiger partial charge in [-0.15, -0.1) is 0 Å². The molecule has 1 amide bonds. The molecule has 6 nitrogen and oxygen atoms in total. The molecule has 0 fully saturated rings. The standard InChI is InChI=1S/C20H25ClN2O4S/c1-4-27-17-10-7-15(8-11-17)6-5-13-22-20(24)18-12-9-16(14-19(18)21)23(2)28(3,25)26/h7-12,14H,4-6,13H2,1-3H3,(H,22,24). The van der Waals surface area contributed by atoms with Crippen LogP contribution < -0.4 is 14.4 Å². The maximum absolute atomic E-state index is 12.3. The number of carbonyl (C=O) groups excluding carboxylic acids is 1. The van der Waals surface area contributed by atoms with Crippen molar-refractivity contribution in [1.29, 1.82) is 0 Å². The molecule has 2 rings (SSSR count). The molecule has 0 aliphatic rings. The topological polar surface area (TPSA) is 75.7 Å². The predicted molar refractivity (Wildman–Crippen MR) is 113 cm³/mol.